The molecule has 1 N–H and O–H groups in total. The van der Waals surface area contributed by atoms with Crippen molar-refractivity contribution in [1.82, 2.24) is 34.4 Å². The lowest BCUT2D eigenvalue weighted by Gasteiger charge is -2.35. The third-order valence-electron chi connectivity index (χ3n) is 5.02. The largest absolute Gasteiger partial charge is 0.364 e. The molecule has 1 fully saturated rings. The summed E-state index contributed by atoms with van der Waals surface area (Å²) in [6, 6.07) is 11.4. The van der Waals surface area contributed by atoms with Crippen molar-refractivity contribution < 1.29 is 12.9 Å². The van der Waals surface area contributed by atoms with Crippen LogP contribution in [0.2, 0.25) is 0 Å². The number of aromatic nitrogens is 4. The van der Waals surface area contributed by atoms with Crippen LogP contribution in [0, 0.1) is 0 Å². The lowest BCUT2D eigenvalue weighted by molar-refractivity contribution is 0.259. The molecule has 0 aliphatic carbocycles. The van der Waals surface area contributed by atoms with E-state index in [0.717, 1.165) is 11.5 Å². The molecule has 164 valence electrons. The number of hydrogen-bond acceptors (Lipinski definition) is 7. The van der Waals surface area contributed by atoms with Gasteiger partial charge in [-0.05, 0) is 12.1 Å². The zero-order valence-electron chi connectivity index (χ0n) is 17.1. The summed E-state index contributed by atoms with van der Waals surface area (Å²) in [4.78, 5) is 6.38. The predicted octanol–water partition coefficient (Wildman–Crippen LogP) is 0.478. The molecule has 11 nitrogen and oxygen atoms in total. The molecule has 0 atom stereocenters. The van der Waals surface area contributed by atoms with Crippen molar-refractivity contribution >= 4 is 16.0 Å². The molecule has 0 amide bonds. The van der Waals surface area contributed by atoms with E-state index in [1.807, 2.05) is 39.8 Å². The zero-order valence-corrected chi connectivity index (χ0v) is 17.9. The number of guanidine groups is 1. The second-order valence-electron chi connectivity index (χ2n) is 6.99. The highest BCUT2D eigenvalue weighted by atomic mass is 32.2. The Kier molecular flexibility index (Phi) is 6.28. The highest BCUT2D eigenvalue weighted by Crippen LogP contribution is 2.13. The summed E-state index contributed by atoms with van der Waals surface area (Å²) in [6.45, 7) is 2.25. The minimum Gasteiger partial charge on any atom is -0.364 e. The van der Waals surface area contributed by atoms with Gasteiger partial charge in [0.25, 0.3) is 0 Å². The third kappa shape index (κ3) is 4.91. The number of benzene rings is 1. The van der Waals surface area contributed by atoms with Crippen LogP contribution in [0.4, 0.5) is 0 Å². The number of sulfonamides is 1. The highest BCUT2D eigenvalue weighted by molar-refractivity contribution is 7.88. The maximum absolute atomic E-state index is 12.6. The van der Waals surface area contributed by atoms with Crippen LogP contribution in [0.1, 0.15) is 11.5 Å². The molecular weight excluding hydrogens is 420 g/mol. The number of para-hydroxylation sites is 1. The van der Waals surface area contributed by atoms with Crippen LogP contribution in [0.15, 0.2) is 58.5 Å². The summed E-state index contributed by atoms with van der Waals surface area (Å²) in [5, 5.41) is 15.2. The number of rotatable bonds is 6. The van der Waals surface area contributed by atoms with Gasteiger partial charge in [-0.2, -0.15) is 4.31 Å². The Balaban J connectivity index is 1.34. The minimum atomic E-state index is -3.44. The molecule has 3 aromatic rings. The quantitative estimate of drug-likeness (QED) is 0.430. The smallest absolute Gasteiger partial charge is 0.220 e. The van der Waals surface area contributed by atoms with Crippen molar-refractivity contribution in [3.63, 3.8) is 0 Å². The Hall–Kier alpha value is -3.25. The summed E-state index contributed by atoms with van der Waals surface area (Å²) in [6.07, 6.45) is 3.05. The minimum absolute atomic E-state index is 0.161. The van der Waals surface area contributed by atoms with E-state index in [0.29, 0.717) is 44.4 Å². The predicted molar refractivity (Wildman–Crippen MR) is 114 cm³/mol. The molecule has 12 heteroatoms. The van der Waals surface area contributed by atoms with Gasteiger partial charge in [-0.15, -0.1) is 10.2 Å². The van der Waals surface area contributed by atoms with Crippen molar-refractivity contribution in [3.8, 4) is 5.69 Å². The molecule has 0 spiro atoms. The molecule has 1 aromatic carbocycles. The molecule has 1 saturated heterocycles. The maximum atomic E-state index is 12.6. The van der Waals surface area contributed by atoms with E-state index in [1.54, 1.807) is 19.4 Å². The number of aliphatic imine (C=N–C) groups is 1. The fourth-order valence-electron chi connectivity index (χ4n) is 3.44. The third-order valence-corrected chi connectivity index (χ3v) is 6.83. The number of piperazine rings is 1. The van der Waals surface area contributed by atoms with E-state index >= 15 is 0 Å². The van der Waals surface area contributed by atoms with Crippen molar-refractivity contribution in [2.24, 2.45) is 4.99 Å². The fraction of sp³-hybridized carbons (Fsp3) is 0.368. The average molecular weight is 445 g/mol. The molecule has 2 aromatic heterocycles. The van der Waals surface area contributed by atoms with Gasteiger partial charge in [0.2, 0.25) is 10.0 Å². The second-order valence-corrected chi connectivity index (χ2v) is 8.96. The van der Waals surface area contributed by atoms with E-state index < -0.39 is 10.0 Å². The van der Waals surface area contributed by atoms with Crippen molar-refractivity contribution in [2.45, 2.75) is 12.3 Å². The molecule has 0 bridgehead atoms. The first-order valence-electron chi connectivity index (χ1n) is 9.84. The molecule has 0 unspecified atom stereocenters. The summed E-state index contributed by atoms with van der Waals surface area (Å²) in [5.74, 6) is 1.28. The van der Waals surface area contributed by atoms with Crippen LogP contribution in [0.3, 0.4) is 0 Å². The number of nitrogens with zero attached hydrogens (tertiary/aromatic N) is 7. The topological polar surface area (TPSA) is 122 Å². The van der Waals surface area contributed by atoms with E-state index in [1.165, 1.54) is 10.6 Å². The van der Waals surface area contributed by atoms with Gasteiger partial charge < -0.3 is 14.7 Å². The standard InChI is InChI=1S/C19H24N8O3S/c1-20-19(21-13-18-23-22-15-27(18)17-5-3-2-4-6-17)25-8-10-26(11-9-25)31(28,29)14-16-7-12-30-24-16/h2-7,12,15H,8-11,13-14H2,1H3,(H,20,21). The molecule has 0 saturated carbocycles. The van der Waals surface area contributed by atoms with Crippen LogP contribution >= 0.6 is 0 Å². The van der Waals surface area contributed by atoms with Crippen molar-refractivity contribution in [3.05, 3.63) is 60.5 Å². The number of hydrogen-bond donors (Lipinski definition) is 1. The Morgan fingerprint density at radius 2 is 1.94 bits per heavy atom. The molecule has 1 aliphatic rings. The Labute approximate surface area is 180 Å². The molecule has 31 heavy (non-hydrogen) atoms. The van der Waals surface area contributed by atoms with Gasteiger partial charge in [-0.1, -0.05) is 23.4 Å². The van der Waals surface area contributed by atoms with Gasteiger partial charge in [0.1, 0.15) is 18.3 Å². The van der Waals surface area contributed by atoms with Gasteiger partial charge in [-0.3, -0.25) is 9.56 Å². The van der Waals surface area contributed by atoms with Crippen LogP contribution in [0.25, 0.3) is 5.69 Å². The highest BCUT2D eigenvalue weighted by Gasteiger charge is 2.29. The van der Waals surface area contributed by atoms with E-state index in [9.17, 15) is 8.42 Å². The van der Waals surface area contributed by atoms with Crippen LogP contribution in [-0.2, 0) is 22.3 Å². The molecule has 4 rings (SSSR count). The van der Waals surface area contributed by atoms with Crippen LogP contribution < -0.4 is 5.32 Å². The van der Waals surface area contributed by atoms with E-state index in [4.69, 9.17) is 4.52 Å². The molecular formula is C19H24N8O3S. The molecule has 3 heterocycles. The fourth-order valence-corrected chi connectivity index (χ4v) is 4.87. The summed E-state index contributed by atoms with van der Waals surface area (Å²) in [5.41, 5.74) is 1.38. The SMILES string of the molecule is CN=C(NCc1nncn1-c1ccccc1)N1CCN(S(=O)(=O)Cc2ccon2)CC1. The Bertz CT molecular complexity index is 1100. The summed E-state index contributed by atoms with van der Waals surface area (Å²) >= 11 is 0. The second kappa shape index (κ2) is 9.27. The first-order chi connectivity index (χ1) is 15.1. The normalized spacial score (nSPS) is 15.9. The average Bonchev–Trinajstić information content (AvgIpc) is 3.47. The van der Waals surface area contributed by atoms with Gasteiger partial charge in [0.05, 0.1) is 12.2 Å². The van der Waals surface area contributed by atoms with Gasteiger partial charge in [0.15, 0.2) is 11.8 Å². The van der Waals surface area contributed by atoms with E-state index in [-0.39, 0.29) is 5.75 Å². The first kappa shape index (κ1) is 21.0. The Morgan fingerprint density at radius 1 is 1.16 bits per heavy atom. The Morgan fingerprint density at radius 3 is 2.61 bits per heavy atom. The van der Waals surface area contributed by atoms with Gasteiger partial charge in [0, 0.05) is 45.0 Å². The molecule has 0 radical (unpaired) electrons. The lowest BCUT2D eigenvalue weighted by Crippen LogP contribution is -2.53. The first-order valence-corrected chi connectivity index (χ1v) is 11.4. The summed E-state index contributed by atoms with van der Waals surface area (Å²) < 4.78 is 33.4. The maximum Gasteiger partial charge on any atom is 0.220 e. The molecule has 1 aliphatic heterocycles. The number of nitrogens with one attached hydrogen (secondary N) is 1. The van der Waals surface area contributed by atoms with Gasteiger partial charge >= 0.3 is 0 Å². The zero-order chi connectivity index (χ0) is 21.7. The van der Waals surface area contributed by atoms with Crippen LogP contribution in [-0.4, -0.2) is 76.7 Å². The monoisotopic (exact) mass is 444 g/mol. The van der Waals surface area contributed by atoms with Crippen molar-refractivity contribution in [2.75, 3.05) is 33.2 Å². The van der Waals surface area contributed by atoms with Crippen molar-refractivity contribution in [1.29, 1.82) is 0 Å². The summed E-state index contributed by atoms with van der Waals surface area (Å²) in [7, 11) is -1.74. The van der Waals surface area contributed by atoms with E-state index in [2.05, 4.69) is 25.7 Å². The van der Waals surface area contributed by atoms with Crippen LogP contribution in [0.5, 0.6) is 0 Å². The lowest BCUT2D eigenvalue weighted by atomic mass is 10.3. The van der Waals surface area contributed by atoms with Gasteiger partial charge in [-0.25, -0.2) is 8.42 Å².